The molecule has 26 heavy (non-hydrogen) atoms. The predicted molar refractivity (Wildman–Crippen MR) is 107 cm³/mol. The Balaban J connectivity index is 1.44. The van der Waals surface area contributed by atoms with Gasteiger partial charge in [-0.25, -0.2) is 0 Å². The van der Waals surface area contributed by atoms with Crippen LogP contribution in [0.4, 0.5) is 5.69 Å². The molecule has 0 radical (unpaired) electrons. The Kier molecular flexibility index (Phi) is 6.84. The van der Waals surface area contributed by atoms with E-state index in [1.165, 1.54) is 44.1 Å². The molecule has 1 aromatic rings. The first-order chi connectivity index (χ1) is 12.5. The molecular formula is C19H26ClN3O2S. The SMILES string of the molecule is CC(CNC(=O)CC1Sc2ccc(Cl)cc2NC1=O)CN1CCCCC1. The van der Waals surface area contributed by atoms with Crippen LogP contribution < -0.4 is 10.6 Å². The highest BCUT2D eigenvalue weighted by atomic mass is 35.5. The van der Waals surface area contributed by atoms with E-state index in [0.717, 1.165) is 17.1 Å². The van der Waals surface area contributed by atoms with Crippen molar-refractivity contribution in [2.75, 3.05) is 31.5 Å². The third-order valence-corrected chi connectivity index (χ3v) is 6.31. The normalized spacial score (nSPS) is 21.6. The van der Waals surface area contributed by atoms with Crippen molar-refractivity contribution < 1.29 is 9.59 Å². The Morgan fingerprint density at radius 1 is 1.38 bits per heavy atom. The molecule has 2 aliphatic heterocycles. The fourth-order valence-corrected chi connectivity index (χ4v) is 4.70. The van der Waals surface area contributed by atoms with Crippen LogP contribution in [0.2, 0.25) is 5.02 Å². The molecule has 2 N–H and O–H groups in total. The summed E-state index contributed by atoms with van der Waals surface area (Å²) < 4.78 is 0. The zero-order chi connectivity index (χ0) is 18.5. The zero-order valence-electron chi connectivity index (χ0n) is 15.1. The van der Waals surface area contributed by atoms with E-state index in [0.29, 0.717) is 17.5 Å². The van der Waals surface area contributed by atoms with Crippen LogP contribution in [0.1, 0.15) is 32.6 Å². The van der Waals surface area contributed by atoms with Gasteiger partial charge in [-0.05, 0) is 50.0 Å². The van der Waals surface area contributed by atoms with Gasteiger partial charge in [-0.15, -0.1) is 11.8 Å². The number of anilines is 1. The number of amides is 2. The van der Waals surface area contributed by atoms with E-state index < -0.39 is 5.25 Å². The van der Waals surface area contributed by atoms with E-state index in [1.54, 1.807) is 12.1 Å². The molecule has 2 amide bonds. The highest BCUT2D eigenvalue weighted by Gasteiger charge is 2.29. The Labute approximate surface area is 164 Å². The topological polar surface area (TPSA) is 61.4 Å². The third-order valence-electron chi connectivity index (χ3n) is 4.80. The van der Waals surface area contributed by atoms with Gasteiger partial charge in [0.2, 0.25) is 11.8 Å². The smallest absolute Gasteiger partial charge is 0.238 e. The lowest BCUT2D eigenvalue weighted by Crippen LogP contribution is -2.39. The first kappa shape index (κ1) is 19.5. The number of nitrogens with one attached hydrogen (secondary N) is 2. The maximum atomic E-state index is 12.3. The molecule has 0 bridgehead atoms. The van der Waals surface area contributed by atoms with Gasteiger partial charge in [0.05, 0.1) is 10.9 Å². The van der Waals surface area contributed by atoms with E-state index >= 15 is 0 Å². The highest BCUT2D eigenvalue weighted by Crippen LogP contribution is 2.38. The van der Waals surface area contributed by atoms with Crippen molar-refractivity contribution in [3.8, 4) is 0 Å². The van der Waals surface area contributed by atoms with Gasteiger partial charge in [0.1, 0.15) is 0 Å². The Morgan fingerprint density at radius 3 is 2.92 bits per heavy atom. The Morgan fingerprint density at radius 2 is 2.15 bits per heavy atom. The number of hydrogen-bond donors (Lipinski definition) is 2. The van der Waals surface area contributed by atoms with Crippen molar-refractivity contribution in [1.82, 2.24) is 10.2 Å². The summed E-state index contributed by atoms with van der Waals surface area (Å²) in [6, 6.07) is 5.41. The zero-order valence-corrected chi connectivity index (χ0v) is 16.7. The fourth-order valence-electron chi connectivity index (χ4n) is 3.43. The highest BCUT2D eigenvalue weighted by molar-refractivity contribution is 8.01. The van der Waals surface area contributed by atoms with E-state index in [-0.39, 0.29) is 18.2 Å². The van der Waals surface area contributed by atoms with Gasteiger partial charge in [-0.2, -0.15) is 0 Å². The Hall–Kier alpha value is -1.24. The number of halogens is 1. The molecule has 2 unspecified atom stereocenters. The number of hydrogen-bond acceptors (Lipinski definition) is 4. The van der Waals surface area contributed by atoms with Crippen LogP contribution in [0.25, 0.3) is 0 Å². The molecular weight excluding hydrogens is 370 g/mol. The van der Waals surface area contributed by atoms with Gasteiger partial charge in [-0.3, -0.25) is 9.59 Å². The molecule has 3 rings (SSSR count). The molecule has 1 saturated heterocycles. The van der Waals surface area contributed by atoms with E-state index in [1.807, 2.05) is 6.07 Å². The molecule has 2 aliphatic rings. The molecule has 0 aromatic heterocycles. The van der Waals surface area contributed by atoms with E-state index in [2.05, 4.69) is 22.5 Å². The van der Waals surface area contributed by atoms with Crippen molar-refractivity contribution >= 4 is 40.9 Å². The molecule has 142 valence electrons. The number of rotatable bonds is 6. The van der Waals surface area contributed by atoms with Gasteiger partial charge in [0.25, 0.3) is 0 Å². The molecule has 7 heteroatoms. The molecule has 5 nitrogen and oxygen atoms in total. The number of fused-ring (bicyclic) bond motifs is 1. The van der Waals surface area contributed by atoms with Crippen LogP contribution in [0.15, 0.2) is 23.1 Å². The van der Waals surface area contributed by atoms with Gasteiger partial charge < -0.3 is 15.5 Å². The lowest BCUT2D eigenvalue weighted by Gasteiger charge is -2.29. The molecule has 1 fully saturated rings. The van der Waals surface area contributed by atoms with Gasteiger partial charge in [0, 0.05) is 29.4 Å². The average Bonchev–Trinajstić information content (AvgIpc) is 2.62. The maximum Gasteiger partial charge on any atom is 0.238 e. The van der Waals surface area contributed by atoms with Crippen molar-refractivity contribution in [3.05, 3.63) is 23.2 Å². The Bertz CT molecular complexity index is 664. The van der Waals surface area contributed by atoms with Crippen LogP contribution in [0.3, 0.4) is 0 Å². The summed E-state index contributed by atoms with van der Waals surface area (Å²) in [6.45, 7) is 6.17. The third kappa shape index (κ3) is 5.38. The first-order valence-corrected chi connectivity index (χ1v) is 10.5. The molecule has 1 aromatic carbocycles. The lowest BCUT2D eigenvalue weighted by molar-refractivity contribution is -0.124. The summed E-state index contributed by atoms with van der Waals surface area (Å²) in [5.74, 6) is 0.203. The number of thioether (sulfide) groups is 1. The monoisotopic (exact) mass is 395 g/mol. The summed E-state index contributed by atoms with van der Waals surface area (Å²) >= 11 is 7.38. The second-order valence-corrected chi connectivity index (χ2v) is 8.89. The minimum Gasteiger partial charge on any atom is -0.356 e. The standard InChI is InChI=1S/C19H26ClN3O2S/c1-13(12-23-7-3-2-4-8-23)11-21-18(24)10-17-19(25)22-15-9-14(20)5-6-16(15)26-17/h5-6,9,13,17H,2-4,7-8,10-12H2,1H3,(H,21,24)(H,22,25). The van der Waals surface area contributed by atoms with Crippen LogP contribution in [-0.4, -0.2) is 48.1 Å². The number of benzene rings is 1. The largest absolute Gasteiger partial charge is 0.356 e. The number of carbonyl (C=O) groups excluding carboxylic acids is 2. The summed E-state index contributed by atoms with van der Waals surface area (Å²) in [5.41, 5.74) is 0.722. The van der Waals surface area contributed by atoms with Crippen LogP contribution in [0.5, 0.6) is 0 Å². The van der Waals surface area contributed by atoms with Gasteiger partial charge in [-0.1, -0.05) is 24.9 Å². The number of carbonyl (C=O) groups is 2. The minimum atomic E-state index is -0.402. The molecule has 0 aliphatic carbocycles. The molecule has 0 spiro atoms. The quantitative estimate of drug-likeness (QED) is 0.775. The summed E-state index contributed by atoms with van der Waals surface area (Å²) in [7, 11) is 0. The second kappa shape index (κ2) is 9.11. The predicted octanol–water partition coefficient (Wildman–Crippen LogP) is 3.38. The van der Waals surface area contributed by atoms with E-state index in [4.69, 9.17) is 11.6 Å². The van der Waals surface area contributed by atoms with Crippen LogP contribution >= 0.6 is 23.4 Å². The number of nitrogens with zero attached hydrogens (tertiary/aromatic N) is 1. The summed E-state index contributed by atoms with van der Waals surface area (Å²) in [5, 5.41) is 6.02. The fraction of sp³-hybridized carbons (Fsp3) is 0.579. The summed E-state index contributed by atoms with van der Waals surface area (Å²) in [4.78, 5) is 28.0. The lowest BCUT2D eigenvalue weighted by atomic mass is 10.1. The molecule has 0 saturated carbocycles. The summed E-state index contributed by atoms with van der Waals surface area (Å²) in [6.07, 6.45) is 4.08. The second-order valence-electron chi connectivity index (χ2n) is 7.21. The van der Waals surface area contributed by atoms with Crippen LogP contribution in [-0.2, 0) is 9.59 Å². The van der Waals surface area contributed by atoms with Crippen molar-refractivity contribution in [3.63, 3.8) is 0 Å². The maximum absolute atomic E-state index is 12.3. The number of piperidine rings is 1. The first-order valence-electron chi connectivity index (χ1n) is 9.27. The van der Waals surface area contributed by atoms with Crippen molar-refractivity contribution in [1.29, 1.82) is 0 Å². The van der Waals surface area contributed by atoms with Gasteiger partial charge >= 0.3 is 0 Å². The minimum absolute atomic E-state index is 0.0689. The average molecular weight is 396 g/mol. The van der Waals surface area contributed by atoms with Gasteiger partial charge in [0.15, 0.2) is 0 Å². The van der Waals surface area contributed by atoms with E-state index in [9.17, 15) is 9.59 Å². The number of likely N-dealkylation sites (tertiary alicyclic amines) is 1. The van der Waals surface area contributed by atoms with Crippen molar-refractivity contribution in [2.45, 2.75) is 42.8 Å². The molecule has 2 heterocycles. The molecule has 2 atom stereocenters. The van der Waals surface area contributed by atoms with Crippen molar-refractivity contribution in [2.24, 2.45) is 5.92 Å². The van der Waals surface area contributed by atoms with Crippen LogP contribution in [0, 0.1) is 5.92 Å².